The summed E-state index contributed by atoms with van der Waals surface area (Å²) in [4.78, 5) is 16.0. The van der Waals surface area contributed by atoms with E-state index in [4.69, 9.17) is 10.5 Å². The minimum atomic E-state index is -0.301. The van der Waals surface area contributed by atoms with Gasteiger partial charge in [0.15, 0.2) is 0 Å². The third-order valence-electron chi connectivity index (χ3n) is 2.63. The van der Waals surface area contributed by atoms with Crippen molar-refractivity contribution >= 4 is 17.3 Å². The highest BCUT2D eigenvalue weighted by Gasteiger charge is 2.10. The standard InChI is InChI=1S/C14H16N2O2S/c1-3-18-14(17)11-6-4-10(5-7-11)13-16-12(8-19-13)9(2)15/h4-9H,3,15H2,1-2H3. The molecule has 1 unspecified atom stereocenters. The van der Waals surface area contributed by atoms with Crippen LogP contribution in [0, 0.1) is 0 Å². The molecule has 4 nitrogen and oxygen atoms in total. The Morgan fingerprint density at radius 1 is 1.42 bits per heavy atom. The average Bonchev–Trinajstić information content (AvgIpc) is 2.89. The number of benzene rings is 1. The number of aromatic nitrogens is 1. The molecule has 0 saturated carbocycles. The van der Waals surface area contributed by atoms with Gasteiger partial charge in [0, 0.05) is 17.0 Å². The first-order chi connectivity index (χ1) is 9.11. The van der Waals surface area contributed by atoms with Crippen LogP contribution in [-0.2, 0) is 4.74 Å². The summed E-state index contributed by atoms with van der Waals surface area (Å²) in [6.45, 7) is 4.07. The van der Waals surface area contributed by atoms with Gasteiger partial charge >= 0.3 is 5.97 Å². The molecular formula is C14H16N2O2S. The van der Waals surface area contributed by atoms with Gasteiger partial charge in [0.25, 0.3) is 0 Å². The van der Waals surface area contributed by atoms with Crippen molar-refractivity contribution in [3.05, 3.63) is 40.9 Å². The van der Waals surface area contributed by atoms with Crippen LogP contribution in [0.2, 0.25) is 0 Å². The lowest BCUT2D eigenvalue weighted by Gasteiger charge is -2.02. The number of carbonyl (C=O) groups is 1. The Balaban J connectivity index is 2.19. The molecule has 100 valence electrons. The fraction of sp³-hybridized carbons (Fsp3) is 0.286. The van der Waals surface area contributed by atoms with Crippen molar-refractivity contribution in [1.29, 1.82) is 0 Å². The summed E-state index contributed by atoms with van der Waals surface area (Å²) < 4.78 is 4.94. The fourth-order valence-corrected chi connectivity index (χ4v) is 2.52. The van der Waals surface area contributed by atoms with Crippen LogP contribution >= 0.6 is 11.3 Å². The maximum absolute atomic E-state index is 11.5. The summed E-state index contributed by atoms with van der Waals surface area (Å²) in [6, 6.07) is 7.18. The molecule has 2 N–H and O–H groups in total. The largest absolute Gasteiger partial charge is 0.462 e. The number of carbonyl (C=O) groups excluding carboxylic acids is 1. The van der Waals surface area contributed by atoms with Gasteiger partial charge in [0.05, 0.1) is 17.9 Å². The minimum absolute atomic E-state index is 0.0659. The Morgan fingerprint density at radius 2 is 2.11 bits per heavy atom. The molecule has 0 aliphatic heterocycles. The first kappa shape index (κ1) is 13.7. The molecule has 19 heavy (non-hydrogen) atoms. The lowest BCUT2D eigenvalue weighted by Crippen LogP contribution is -2.05. The van der Waals surface area contributed by atoms with E-state index in [1.54, 1.807) is 30.4 Å². The van der Waals surface area contributed by atoms with E-state index < -0.39 is 0 Å². The van der Waals surface area contributed by atoms with Crippen molar-refractivity contribution in [2.24, 2.45) is 5.73 Å². The molecule has 2 aromatic rings. The third kappa shape index (κ3) is 3.19. The highest BCUT2D eigenvalue weighted by atomic mass is 32.1. The van der Waals surface area contributed by atoms with E-state index in [1.807, 2.05) is 24.4 Å². The lowest BCUT2D eigenvalue weighted by atomic mass is 10.1. The lowest BCUT2D eigenvalue weighted by molar-refractivity contribution is 0.0526. The second-order valence-corrected chi connectivity index (χ2v) is 5.02. The Hall–Kier alpha value is -1.72. The molecule has 2 rings (SSSR count). The van der Waals surface area contributed by atoms with Crippen LogP contribution in [0.3, 0.4) is 0 Å². The van der Waals surface area contributed by atoms with Crippen molar-refractivity contribution in [1.82, 2.24) is 4.98 Å². The van der Waals surface area contributed by atoms with Crippen LogP contribution in [-0.4, -0.2) is 17.6 Å². The minimum Gasteiger partial charge on any atom is -0.462 e. The molecule has 0 aliphatic carbocycles. The van der Waals surface area contributed by atoms with Gasteiger partial charge in [0.2, 0.25) is 0 Å². The van der Waals surface area contributed by atoms with Crippen molar-refractivity contribution < 1.29 is 9.53 Å². The smallest absolute Gasteiger partial charge is 0.338 e. The average molecular weight is 276 g/mol. The molecule has 0 radical (unpaired) electrons. The Bertz CT molecular complexity index is 561. The van der Waals surface area contributed by atoms with Gasteiger partial charge in [-0.25, -0.2) is 9.78 Å². The van der Waals surface area contributed by atoms with Crippen LogP contribution in [0.4, 0.5) is 0 Å². The zero-order chi connectivity index (χ0) is 13.8. The number of nitrogens with two attached hydrogens (primary N) is 1. The number of rotatable bonds is 4. The quantitative estimate of drug-likeness (QED) is 0.872. The zero-order valence-electron chi connectivity index (χ0n) is 10.9. The van der Waals surface area contributed by atoms with Crippen molar-refractivity contribution in [2.45, 2.75) is 19.9 Å². The molecule has 0 bridgehead atoms. The molecular weight excluding hydrogens is 260 g/mol. The van der Waals surface area contributed by atoms with Crippen molar-refractivity contribution in [3.8, 4) is 10.6 Å². The van der Waals surface area contributed by atoms with Gasteiger partial charge in [-0.1, -0.05) is 12.1 Å². The number of thiazole rings is 1. The Morgan fingerprint density at radius 3 is 2.63 bits per heavy atom. The monoisotopic (exact) mass is 276 g/mol. The second-order valence-electron chi connectivity index (χ2n) is 4.16. The molecule has 1 aromatic carbocycles. The van der Waals surface area contributed by atoms with Crippen molar-refractivity contribution in [3.63, 3.8) is 0 Å². The molecule has 0 amide bonds. The summed E-state index contributed by atoms with van der Waals surface area (Å²) >= 11 is 1.55. The summed E-state index contributed by atoms with van der Waals surface area (Å²) in [5, 5.41) is 2.86. The molecule has 0 spiro atoms. The maximum Gasteiger partial charge on any atom is 0.338 e. The van der Waals surface area contributed by atoms with E-state index in [-0.39, 0.29) is 12.0 Å². The molecule has 0 aliphatic rings. The molecule has 5 heteroatoms. The predicted octanol–water partition coefficient (Wildman–Crippen LogP) is 3.01. The number of esters is 1. The molecule has 0 fully saturated rings. The van der Waals surface area contributed by atoms with Gasteiger partial charge in [-0.3, -0.25) is 0 Å². The third-order valence-corrected chi connectivity index (χ3v) is 3.54. The number of ether oxygens (including phenoxy) is 1. The number of hydrogen-bond acceptors (Lipinski definition) is 5. The van der Waals surface area contributed by atoms with E-state index in [0.29, 0.717) is 12.2 Å². The SMILES string of the molecule is CCOC(=O)c1ccc(-c2nc(C(C)N)cs2)cc1. The summed E-state index contributed by atoms with van der Waals surface area (Å²) in [5.74, 6) is -0.301. The summed E-state index contributed by atoms with van der Waals surface area (Å²) in [7, 11) is 0. The Labute approximate surface area is 116 Å². The topological polar surface area (TPSA) is 65.2 Å². The molecule has 0 saturated heterocycles. The normalized spacial score (nSPS) is 12.2. The molecule has 1 aromatic heterocycles. The fourth-order valence-electron chi connectivity index (χ4n) is 1.59. The van der Waals surface area contributed by atoms with Gasteiger partial charge in [-0.15, -0.1) is 11.3 Å². The van der Waals surface area contributed by atoms with Crippen LogP contribution in [0.5, 0.6) is 0 Å². The van der Waals surface area contributed by atoms with E-state index >= 15 is 0 Å². The zero-order valence-corrected chi connectivity index (χ0v) is 11.7. The van der Waals surface area contributed by atoms with E-state index in [1.165, 1.54) is 0 Å². The molecule has 1 heterocycles. The molecule has 1 atom stereocenters. The van der Waals surface area contributed by atoms with Gasteiger partial charge in [-0.2, -0.15) is 0 Å². The van der Waals surface area contributed by atoms with E-state index in [2.05, 4.69) is 4.98 Å². The van der Waals surface area contributed by atoms with E-state index in [9.17, 15) is 4.79 Å². The number of hydrogen-bond donors (Lipinski definition) is 1. The van der Waals surface area contributed by atoms with Gasteiger partial charge < -0.3 is 10.5 Å². The van der Waals surface area contributed by atoms with Crippen LogP contribution in [0.25, 0.3) is 10.6 Å². The highest BCUT2D eigenvalue weighted by molar-refractivity contribution is 7.13. The van der Waals surface area contributed by atoms with Gasteiger partial charge in [-0.05, 0) is 26.0 Å². The van der Waals surface area contributed by atoms with Gasteiger partial charge in [0.1, 0.15) is 5.01 Å². The van der Waals surface area contributed by atoms with Crippen LogP contribution < -0.4 is 5.73 Å². The van der Waals surface area contributed by atoms with Crippen molar-refractivity contribution in [2.75, 3.05) is 6.61 Å². The van der Waals surface area contributed by atoms with Crippen LogP contribution in [0.15, 0.2) is 29.6 Å². The summed E-state index contributed by atoms with van der Waals surface area (Å²) in [6.07, 6.45) is 0. The first-order valence-electron chi connectivity index (χ1n) is 6.10. The predicted molar refractivity (Wildman–Crippen MR) is 76.1 cm³/mol. The highest BCUT2D eigenvalue weighted by Crippen LogP contribution is 2.25. The number of nitrogens with zero attached hydrogens (tertiary/aromatic N) is 1. The van der Waals surface area contributed by atoms with Crippen LogP contribution in [0.1, 0.15) is 35.9 Å². The first-order valence-corrected chi connectivity index (χ1v) is 6.98. The Kier molecular flexibility index (Phi) is 4.29. The maximum atomic E-state index is 11.5. The summed E-state index contributed by atoms with van der Waals surface area (Å²) in [5.41, 5.74) is 8.20. The second kappa shape index (κ2) is 5.95. The van der Waals surface area contributed by atoms with E-state index in [0.717, 1.165) is 16.3 Å².